The Morgan fingerprint density at radius 2 is 1.85 bits per heavy atom. The van der Waals surface area contributed by atoms with Crippen molar-refractivity contribution in [2.75, 3.05) is 6.54 Å². The van der Waals surface area contributed by atoms with E-state index < -0.39 is 6.10 Å². The molecule has 2 rings (SSSR count). The molecule has 4 heteroatoms. The summed E-state index contributed by atoms with van der Waals surface area (Å²) < 4.78 is 0. The molecule has 0 aliphatic heterocycles. The molecule has 0 unspecified atom stereocenters. The van der Waals surface area contributed by atoms with Gasteiger partial charge in [-0.05, 0) is 23.6 Å². The molecule has 0 saturated carbocycles. The Morgan fingerprint density at radius 1 is 1.10 bits per heavy atom. The number of benzene rings is 1. The molecule has 4 N–H and O–H groups in total. The van der Waals surface area contributed by atoms with E-state index in [4.69, 9.17) is 5.73 Å². The number of hydrogen-bond acceptors (Lipinski definition) is 4. The quantitative estimate of drug-likeness (QED) is 0.705. The molecule has 0 aliphatic rings. The first-order chi connectivity index (χ1) is 9.75. The zero-order chi connectivity index (χ0) is 14.2. The molecular weight excluding hydrogens is 250 g/mol. The van der Waals surface area contributed by atoms with Gasteiger partial charge >= 0.3 is 0 Å². The number of aliphatic hydroxyl groups excluding tert-OH is 1. The minimum atomic E-state index is -0.563. The van der Waals surface area contributed by atoms with Crippen molar-refractivity contribution in [2.45, 2.75) is 25.1 Å². The third kappa shape index (κ3) is 4.74. The molecule has 0 bridgehead atoms. The Bertz CT molecular complexity index is 490. The van der Waals surface area contributed by atoms with E-state index in [0.29, 0.717) is 19.5 Å². The molecule has 0 amide bonds. The minimum absolute atomic E-state index is 0.265. The Kier molecular flexibility index (Phi) is 5.68. The Labute approximate surface area is 119 Å². The fraction of sp³-hybridized carbons (Fsp3) is 0.312. The molecule has 1 heterocycles. The maximum atomic E-state index is 10.1. The summed E-state index contributed by atoms with van der Waals surface area (Å²) in [7, 11) is 0. The maximum absolute atomic E-state index is 10.1. The van der Waals surface area contributed by atoms with E-state index in [9.17, 15) is 5.11 Å². The van der Waals surface area contributed by atoms with Crippen molar-refractivity contribution in [2.24, 2.45) is 5.73 Å². The van der Waals surface area contributed by atoms with Crippen LogP contribution in [0.2, 0.25) is 0 Å². The lowest BCUT2D eigenvalue weighted by molar-refractivity contribution is 0.141. The lowest BCUT2D eigenvalue weighted by atomic mass is 10.0. The van der Waals surface area contributed by atoms with Crippen LogP contribution in [0.4, 0.5) is 0 Å². The summed E-state index contributed by atoms with van der Waals surface area (Å²) in [5, 5.41) is 13.3. The van der Waals surface area contributed by atoms with Gasteiger partial charge < -0.3 is 16.2 Å². The fourth-order valence-corrected chi connectivity index (χ4v) is 2.04. The number of nitrogens with zero attached hydrogens (tertiary/aromatic N) is 1. The SMILES string of the molecule is N[C@@H](Cc1ccccc1)[C@H](O)CNCc1cccnc1. The van der Waals surface area contributed by atoms with Crippen LogP contribution < -0.4 is 11.1 Å². The highest BCUT2D eigenvalue weighted by molar-refractivity contribution is 5.16. The van der Waals surface area contributed by atoms with Crippen molar-refractivity contribution >= 4 is 0 Å². The zero-order valence-corrected chi connectivity index (χ0v) is 11.4. The number of pyridine rings is 1. The topological polar surface area (TPSA) is 71.2 Å². The van der Waals surface area contributed by atoms with Crippen LogP contribution in [-0.2, 0) is 13.0 Å². The van der Waals surface area contributed by atoms with Crippen LogP contribution in [-0.4, -0.2) is 28.8 Å². The second kappa shape index (κ2) is 7.75. The number of nitrogens with two attached hydrogens (primary N) is 1. The van der Waals surface area contributed by atoms with Gasteiger partial charge in [-0.2, -0.15) is 0 Å². The number of rotatable bonds is 7. The summed E-state index contributed by atoms with van der Waals surface area (Å²) in [6, 6.07) is 13.6. The first kappa shape index (κ1) is 14.7. The molecule has 4 nitrogen and oxygen atoms in total. The highest BCUT2D eigenvalue weighted by atomic mass is 16.3. The monoisotopic (exact) mass is 271 g/mol. The molecular formula is C16H21N3O. The van der Waals surface area contributed by atoms with E-state index in [0.717, 1.165) is 11.1 Å². The predicted molar refractivity (Wildman–Crippen MR) is 80.1 cm³/mol. The summed E-state index contributed by atoms with van der Waals surface area (Å²) in [5.41, 5.74) is 8.26. The highest BCUT2D eigenvalue weighted by Gasteiger charge is 2.14. The van der Waals surface area contributed by atoms with Crippen LogP contribution in [0.25, 0.3) is 0 Å². The molecule has 106 valence electrons. The van der Waals surface area contributed by atoms with Gasteiger partial charge in [0, 0.05) is 31.5 Å². The number of hydrogen-bond donors (Lipinski definition) is 3. The van der Waals surface area contributed by atoms with Gasteiger partial charge in [-0.3, -0.25) is 4.98 Å². The average molecular weight is 271 g/mol. The lowest BCUT2D eigenvalue weighted by Gasteiger charge is -2.19. The molecule has 0 radical (unpaired) electrons. The molecule has 0 saturated heterocycles. The van der Waals surface area contributed by atoms with Crippen molar-refractivity contribution in [1.29, 1.82) is 0 Å². The molecule has 1 aromatic heterocycles. The Morgan fingerprint density at radius 3 is 2.55 bits per heavy atom. The minimum Gasteiger partial charge on any atom is -0.390 e. The molecule has 2 aromatic rings. The van der Waals surface area contributed by atoms with Crippen LogP contribution in [0.5, 0.6) is 0 Å². The molecule has 2 atom stereocenters. The van der Waals surface area contributed by atoms with Crippen LogP contribution in [0.1, 0.15) is 11.1 Å². The van der Waals surface area contributed by atoms with E-state index in [1.54, 1.807) is 6.20 Å². The lowest BCUT2D eigenvalue weighted by Crippen LogP contribution is -2.42. The smallest absolute Gasteiger partial charge is 0.0818 e. The van der Waals surface area contributed by atoms with Gasteiger partial charge in [0.1, 0.15) is 0 Å². The number of aliphatic hydroxyl groups is 1. The second-order valence-electron chi connectivity index (χ2n) is 4.91. The summed E-state index contributed by atoms with van der Waals surface area (Å²) >= 11 is 0. The van der Waals surface area contributed by atoms with Gasteiger partial charge in [0.25, 0.3) is 0 Å². The van der Waals surface area contributed by atoms with Gasteiger partial charge in [-0.1, -0.05) is 36.4 Å². The predicted octanol–water partition coefficient (Wildman–Crippen LogP) is 1.10. The average Bonchev–Trinajstić information content (AvgIpc) is 2.49. The van der Waals surface area contributed by atoms with E-state index >= 15 is 0 Å². The van der Waals surface area contributed by atoms with Gasteiger partial charge in [-0.25, -0.2) is 0 Å². The van der Waals surface area contributed by atoms with Gasteiger partial charge in [-0.15, -0.1) is 0 Å². The highest BCUT2D eigenvalue weighted by Crippen LogP contribution is 2.04. The largest absolute Gasteiger partial charge is 0.390 e. The van der Waals surface area contributed by atoms with Gasteiger partial charge in [0.05, 0.1) is 6.10 Å². The molecule has 0 aliphatic carbocycles. The van der Waals surface area contributed by atoms with Crippen LogP contribution in [0.3, 0.4) is 0 Å². The van der Waals surface area contributed by atoms with Crippen molar-refractivity contribution in [3.05, 3.63) is 66.0 Å². The zero-order valence-electron chi connectivity index (χ0n) is 11.4. The first-order valence-corrected chi connectivity index (χ1v) is 6.83. The van der Waals surface area contributed by atoms with Crippen molar-refractivity contribution in [1.82, 2.24) is 10.3 Å². The van der Waals surface area contributed by atoms with Crippen LogP contribution in [0.15, 0.2) is 54.9 Å². The molecule has 20 heavy (non-hydrogen) atoms. The van der Waals surface area contributed by atoms with Crippen molar-refractivity contribution in [3.8, 4) is 0 Å². The maximum Gasteiger partial charge on any atom is 0.0818 e. The summed E-state index contributed by atoms with van der Waals surface area (Å²) in [6.45, 7) is 1.16. The molecule has 0 fully saturated rings. The fourth-order valence-electron chi connectivity index (χ4n) is 2.04. The van der Waals surface area contributed by atoms with E-state index in [1.165, 1.54) is 0 Å². The van der Waals surface area contributed by atoms with Crippen LogP contribution >= 0.6 is 0 Å². The van der Waals surface area contributed by atoms with Gasteiger partial charge in [0.2, 0.25) is 0 Å². The van der Waals surface area contributed by atoms with Crippen LogP contribution in [0, 0.1) is 0 Å². The van der Waals surface area contributed by atoms with E-state index in [2.05, 4.69) is 10.3 Å². The summed E-state index contributed by atoms with van der Waals surface area (Å²) in [5.74, 6) is 0. The normalized spacial score (nSPS) is 13.9. The first-order valence-electron chi connectivity index (χ1n) is 6.83. The van der Waals surface area contributed by atoms with E-state index in [-0.39, 0.29) is 6.04 Å². The Balaban J connectivity index is 1.73. The van der Waals surface area contributed by atoms with E-state index in [1.807, 2.05) is 48.7 Å². The number of aromatic nitrogens is 1. The summed E-state index contributed by atoms with van der Waals surface area (Å²) in [4.78, 5) is 4.05. The third-order valence-corrected chi connectivity index (χ3v) is 3.21. The van der Waals surface area contributed by atoms with Crippen molar-refractivity contribution < 1.29 is 5.11 Å². The molecule has 0 spiro atoms. The second-order valence-corrected chi connectivity index (χ2v) is 4.91. The van der Waals surface area contributed by atoms with Crippen molar-refractivity contribution in [3.63, 3.8) is 0 Å². The van der Waals surface area contributed by atoms with Gasteiger partial charge in [0.15, 0.2) is 0 Å². The number of nitrogens with one attached hydrogen (secondary N) is 1. The molecule has 1 aromatic carbocycles. The Hall–Kier alpha value is -1.75. The summed E-state index contributed by atoms with van der Waals surface area (Å²) in [6.07, 6.45) is 3.67. The standard InChI is InChI=1S/C16H21N3O/c17-15(9-13-5-2-1-3-6-13)16(20)12-19-11-14-7-4-8-18-10-14/h1-8,10,15-16,19-20H,9,11-12,17H2/t15-,16+/m0/s1. The third-order valence-electron chi connectivity index (χ3n) is 3.21.